The zero-order valence-corrected chi connectivity index (χ0v) is 10.5. The predicted octanol–water partition coefficient (Wildman–Crippen LogP) is 0.819. The summed E-state index contributed by atoms with van der Waals surface area (Å²) in [5.41, 5.74) is 0.245. The second-order valence-corrected chi connectivity index (χ2v) is 7.45. The van der Waals surface area contributed by atoms with E-state index < -0.39 is 15.3 Å². The van der Waals surface area contributed by atoms with E-state index in [9.17, 15) is 8.42 Å². The molecule has 0 saturated carbocycles. The van der Waals surface area contributed by atoms with Crippen molar-refractivity contribution >= 4 is 10.0 Å². The largest absolute Gasteiger partial charge is 0.395 e. The van der Waals surface area contributed by atoms with Crippen LogP contribution in [-0.2, 0) is 10.0 Å². The molecule has 0 radical (unpaired) electrons. The number of aliphatic hydroxyl groups is 1. The van der Waals surface area contributed by atoms with Crippen molar-refractivity contribution in [3.63, 3.8) is 0 Å². The summed E-state index contributed by atoms with van der Waals surface area (Å²) < 4.78 is 25.3. The predicted molar refractivity (Wildman–Crippen MR) is 60.1 cm³/mol. The van der Waals surface area contributed by atoms with Gasteiger partial charge < -0.3 is 5.11 Å². The van der Waals surface area contributed by atoms with Crippen LogP contribution in [0.25, 0.3) is 0 Å². The highest BCUT2D eigenvalue weighted by Crippen LogP contribution is 2.31. The highest BCUT2D eigenvalue weighted by Gasteiger charge is 2.34. The number of hydrogen-bond acceptors (Lipinski definition) is 3. The molecule has 1 aliphatic rings. The maximum absolute atomic E-state index is 11.9. The number of rotatable bonds is 3. The van der Waals surface area contributed by atoms with Crippen LogP contribution in [0.3, 0.4) is 0 Å². The Kier molecular flexibility index (Phi) is 3.79. The zero-order chi connectivity index (χ0) is 11.7. The van der Waals surface area contributed by atoms with Gasteiger partial charge in [0.2, 0.25) is 10.0 Å². The summed E-state index contributed by atoms with van der Waals surface area (Å²) in [5.74, 6) is 0. The first-order chi connectivity index (χ1) is 6.79. The van der Waals surface area contributed by atoms with Crippen LogP contribution in [0.15, 0.2) is 0 Å². The van der Waals surface area contributed by atoms with Gasteiger partial charge in [-0.25, -0.2) is 12.7 Å². The topological polar surface area (TPSA) is 57.6 Å². The van der Waals surface area contributed by atoms with Gasteiger partial charge in [-0.05, 0) is 25.2 Å². The molecular weight excluding hydrogens is 214 g/mol. The monoisotopic (exact) mass is 235 g/mol. The molecular formula is C10H21NO3S. The van der Waals surface area contributed by atoms with Crippen molar-refractivity contribution in [2.24, 2.45) is 5.41 Å². The van der Waals surface area contributed by atoms with E-state index in [1.807, 2.05) is 0 Å². The van der Waals surface area contributed by atoms with Crippen LogP contribution in [0.4, 0.5) is 0 Å². The van der Waals surface area contributed by atoms with E-state index >= 15 is 0 Å². The van der Waals surface area contributed by atoms with Gasteiger partial charge in [-0.1, -0.05) is 13.8 Å². The van der Waals surface area contributed by atoms with Gasteiger partial charge in [0.25, 0.3) is 0 Å². The lowest BCUT2D eigenvalue weighted by molar-refractivity contribution is 0.192. The van der Waals surface area contributed by atoms with E-state index in [-0.39, 0.29) is 12.0 Å². The van der Waals surface area contributed by atoms with Crippen molar-refractivity contribution in [2.75, 3.05) is 19.7 Å². The molecule has 1 unspecified atom stereocenters. The number of nitrogens with zero attached hydrogens (tertiary/aromatic N) is 1. The molecule has 0 aliphatic carbocycles. The maximum Gasteiger partial charge on any atom is 0.218 e. The molecule has 90 valence electrons. The lowest BCUT2D eigenvalue weighted by Crippen LogP contribution is -2.45. The summed E-state index contributed by atoms with van der Waals surface area (Å²) in [4.78, 5) is 0. The molecule has 15 heavy (non-hydrogen) atoms. The Morgan fingerprint density at radius 3 is 2.20 bits per heavy atom. The molecule has 1 aliphatic heterocycles. The summed E-state index contributed by atoms with van der Waals surface area (Å²) in [6, 6.07) is 0. The van der Waals surface area contributed by atoms with E-state index in [1.165, 1.54) is 4.31 Å². The molecule has 4 nitrogen and oxygen atoms in total. The second-order valence-electron chi connectivity index (χ2n) is 5.10. The van der Waals surface area contributed by atoms with Crippen molar-refractivity contribution in [3.8, 4) is 0 Å². The molecule has 1 rings (SSSR count). The van der Waals surface area contributed by atoms with E-state index in [4.69, 9.17) is 5.11 Å². The number of aliphatic hydroxyl groups excluding tert-OH is 1. The van der Waals surface area contributed by atoms with E-state index in [2.05, 4.69) is 13.8 Å². The third-order valence-electron chi connectivity index (χ3n) is 3.20. The minimum Gasteiger partial charge on any atom is -0.395 e. The normalized spacial score (nSPS) is 25.1. The van der Waals surface area contributed by atoms with Crippen LogP contribution >= 0.6 is 0 Å². The molecule has 0 spiro atoms. The smallest absolute Gasteiger partial charge is 0.218 e. The lowest BCUT2D eigenvalue weighted by atomic mass is 9.83. The van der Waals surface area contributed by atoms with Gasteiger partial charge in [-0.2, -0.15) is 0 Å². The highest BCUT2D eigenvalue weighted by atomic mass is 32.2. The molecule has 0 aromatic rings. The summed E-state index contributed by atoms with van der Waals surface area (Å²) in [7, 11) is -3.28. The van der Waals surface area contributed by atoms with E-state index in [1.54, 1.807) is 6.92 Å². The zero-order valence-electron chi connectivity index (χ0n) is 9.73. The fourth-order valence-electron chi connectivity index (χ4n) is 1.69. The Labute approximate surface area is 92.3 Å². The first kappa shape index (κ1) is 12.9. The van der Waals surface area contributed by atoms with Crippen molar-refractivity contribution < 1.29 is 13.5 Å². The SMILES string of the molecule is CC(CO)S(=O)(=O)N1CCC(C)(C)CC1. The van der Waals surface area contributed by atoms with Crippen LogP contribution in [0, 0.1) is 5.41 Å². The lowest BCUT2D eigenvalue weighted by Gasteiger charge is -2.37. The third-order valence-corrected chi connectivity index (χ3v) is 5.45. The summed E-state index contributed by atoms with van der Waals surface area (Å²) in [6.07, 6.45) is 1.79. The number of hydrogen-bond donors (Lipinski definition) is 1. The van der Waals surface area contributed by atoms with Crippen LogP contribution in [0.5, 0.6) is 0 Å². The number of sulfonamides is 1. The van der Waals surface area contributed by atoms with E-state index in [0.29, 0.717) is 13.1 Å². The quantitative estimate of drug-likeness (QED) is 0.788. The maximum atomic E-state index is 11.9. The molecule has 5 heteroatoms. The molecule has 1 atom stereocenters. The summed E-state index contributed by atoms with van der Waals surface area (Å²) >= 11 is 0. The molecule has 1 heterocycles. The minimum absolute atomic E-state index is 0.245. The van der Waals surface area contributed by atoms with Crippen molar-refractivity contribution in [1.29, 1.82) is 0 Å². The first-order valence-electron chi connectivity index (χ1n) is 5.39. The Bertz CT molecular complexity index is 301. The van der Waals surface area contributed by atoms with Crippen LogP contribution in [0.1, 0.15) is 33.6 Å². The molecule has 1 N–H and O–H groups in total. The molecule has 0 bridgehead atoms. The number of piperidine rings is 1. The van der Waals surface area contributed by atoms with Crippen LogP contribution in [-0.4, -0.2) is 42.8 Å². The van der Waals surface area contributed by atoms with E-state index in [0.717, 1.165) is 12.8 Å². The Hall–Kier alpha value is -0.130. The Morgan fingerprint density at radius 2 is 1.80 bits per heavy atom. The van der Waals surface area contributed by atoms with Crippen molar-refractivity contribution in [2.45, 2.75) is 38.9 Å². The van der Waals surface area contributed by atoms with Crippen LogP contribution in [0.2, 0.25) is 0 Å². The van der Waals surface area contributed by atoms with Gasteiger partial charge in [0.15, 0.2) is 0 Å². The van der Waals surface area contributed by atoms with Gasteiger partial charge in [-0.3, -0.25) is 0 Å². The summed E-state index contributed by atoms with van der Waals surface area (Å²) in [6.45, 7) is 6.73. The highest BCUT2D eigenvalue weighted by molar-refractivity contribution is 7.89. The van der Waals surface area contributed by atoms with Crippen molar-refractivity contribution in [3.05, 3.63) is 0 Å². The molecule has 0 aromatic carbocycles. The van der Waals surface area contributed by atoms with Gasteiger partial charge in [-0.15, -0.1) is 0 Å². The fraction of sp³-hybridized carbons (Fsp3) is 1.00. The first-order valence-corrected chi connectivity index (χ1v) is 6.90. The van der Waals surface area contributed by atoms with Gasteiger partial charge in [0.1, 0.15) is 0 Å². The van der Waals surface area contributed by atoms with Gasteiger partial charge in [0.05, 0.1) is 11.9 Å². The Balaban J connectivity index is 2.68. The second kappa shape index (κ2) is 4.39. The Morgan fingerprint density at radius 1 is 1.33 bits per heavy atom. The third kappa shape index (κ3) is 2.92. The average molecular weight is 235 g/mol. The fourth-order valence-corrected chi connectivity index (χ4v) is 3.08. The van der Waals surface area contributed by atoms with Crippen molar-refractivity contribution in [1.82, 2.24) is 4.31 Å². The standard InChI is InChI=1S/C10H21NO3S/c1-9(8-12)15(13,14)11-6-4-10(2,3)5-7-11/h9,12H,4-8H2,1-3H3. The molecule has 0 amide bonds. The van der Waals surface area contributed by atoms with Gasteiger partial charge >= 0.3 is 0 Å². The summed E-state index contributed by atoms with van der Waals surface area (Å²) in [5, 5.41) is 8.22. The minimum atomic E-state index is -3.28. The van der Waals surface area contributed by atoms with Gasteiger partial charge in [0, 0.05) is 13.1 Å². The molecule has 1 saturated heterocycles. The molecule has 0 aromatic heterocycles. The average Bonchev–Trinajstić information content (AvgIpc) is 2.15. The van der Waals surface area contributed by atoms with Crippen LogP contribution < -0.4 is 0 Å². The molecule has 1 fully saturated rings.